The van der Waals surface area contributed by atoms with Gasteiger partial charge in [-0.3, -0.25) is 4.79 Å². The van der Waals surface area contributed by atoms with Crippen molar-refractivity contribution in [2.75, 3.05) is 19.6 Å². The van der Waals surface area contributed by atoms with Gasteiger partial charge in [-0.25, -0.2) is 0 Å². The Kier molecular flexibility index (Phi) is 4.03. The Bertz CT molecular complexity index is 528. The van der Waals surface area contributed by atoms with E-state index in [1.807, 2.05) is 6.92 Å². The second kappa shape index (κ2) is 5.80. The largest absolute Gasteiger partial charge is 0.481 e. The molecule has 2 unspecified atom stereocenters. The molecule has 2 aliphatic rings. The number of piperidine rings is 1. The summed E-state index contributed by atoms with van der Waals surface area (Å²) in [6.07, 6.45) is 5.49. The minimum Gasteiger partial charge on any atom is -0.481 e. The molecule has 0 bridgehead atoms. The van der Waals surface area contributed by atoms with E-state index in [0.29, 0.717) is 12.5 Å². The van der Waals surface area contributed by atoms with Crippen LogP contribution in [0.5, 0.6) is 0 Å². The standard InChI is InChI=1S/C18H25NO2/c1-18(17(20)21)10-5-11-19(13-18)12-15-8-4-7-14-6-2-3-9-16(14)15/h2-3,6,9,15H,4-5,7-8,10-13H2,1H3,(H,20,21). The molecule has 0 aromatic heterocycles. The van der Waals surface area contributed by atoms with Crippen molar-refractivity contribution in [3.8, 4) is 0 Å². The zero-order valence-electron chi connectivity index (χ0n) is 12.8. The fourth-order valence-corrected chi connectivity index (χ4v) is 4.03. The maximum absolute atomic E-state index is 11.5. The molecule has 1 N–H and O–H groups in total. The van der Waals surface area contributed by atoms with Gasteiger partial charge in [0.1, 0.15) is 0 Å². The van der Waals surface area contributed by atoms with Gasteiger partial charge in [-0.1, -0.05) is 24.3 Å². The lowest BCUT2D eigenvalue weighted by Gasteiger charge is -2.40. The van der Waals surface area contributed by atoms with E-state index in [2.05, 4.69) is 29.2 Å². The number of carbonyl (C=O) groups is 1. The third-order valence-corrected chi connectivity index (χ3v) is 5.26. The zero-order chi connectivity index (χ0) is 14.9. The van der Waals surface area contributed by atoms with Crippen LogP contribution in [0.4, 0.5) is 0 Å². The molecule has 0 radical (unpaired) electrons. The number of aliphatic carboxylic acids is 1. The van der Waals surface area contributed by atoms with Crippen LogP contribution in [0.15, 0.2) is 24.3 Å². The van der Waals surface area contributed by atoms with E-state index >= 15 is 0 Å². The highest BCUT2D eigenvalue weighted by Crippen LogP contribution is 2.35. The van der Waals surface area contributed by atoms with Crippen LogP contribution in [-0.2, 0) is 11.2 Å². The molecule has 1 heterocycles. The van der Waals surface area contributed by atoms with E-state index in [0.717, 1.165) is 25.9 Å². The Hall–Kier alpha value is -1.35. The van der Waals surface area contributed by atoms with E-state index in [1.54, 1.807) is 0 Å². The first-order valence-electron chi connectivity index (χ1n) is 8.12. The van der Waals surface area contributed by atoms with Gasteiger partial charge < -0.3 is 10.0 Å². The summed E-state index contributed by atoms with van der Waals surface area (Å²) in [6, 6.07) is 8.77. The summed E-state index contributed by atoms with van der Waals surface area (Å²) in [4.78, 5) is 13.9. The number of rotatable bonds is 3. The zero-order valence-corrected chi connectivity index (χ0v) is 12.8. The van der Waals surface area contributed by atoms with Crippen LogP contribution in [-0.4, -0.2) is 35.6 Å². The van der Waals surface area contributed by atoms with Crippen LogP contribution in [0.1, 0.15) is 49.7 Å². The van der Waals surface area contributed by atoms with Gasteiger partial charge in [0.2, 0.25) is 0 Å². The smallest absolute Gasteiger partial charge is 0.310 e. The molecule has 3 heteroatoms. The molecule has 0 spiro atoms. The van der Waals surface area contributed by atoms with Crippen LogP contribution in [0, 0.1) is 5.41 Å². The summed E-state index contributed by atoms with van der Waals surface area (Å²) in [5.74, 6) is -0.0673. The quantitative estimate of drug-likeness (QED) is 0.927. The minimum absolute atomic E-state index is 0.563. The Morgan fingerprint density at radius 2 is 2.19 bits per heavy atom. The van der Waals surface area contributed by atoms with Crippen molar-refractivity contribution in [3.63, 3.8) is 0 Å². The Morgan fingerprint density at radius 1 is 1.38 bits per heavy atom. The normalized spacial score (nSPS) is 29.9. The number of carboxylic acids is 1. The monoisotopic (exact) mass is 287 g/mol. The summed E-state index contributed by atoms with van der Waals surface area (Å²) in [5, 5.41) is 9.45. The first-order chi connectivity index (χ1) is 10.1. The molecule has 3 rings (SSSR count). The SMILES string of the molecule is CC1(C(=O)O)CCCN(CC2CCCc3ccccc32)C1. The molecular weight excluding hydrogens is 262 g/mol. The summed E-state index contributed by atoms with van der Waals surface area (Å²) in [5.41, 5.74) is 2.42. The van der Waals surface area contributed by atoms with Crippen LogP contribution < -0.4 is 0 Å². The molecule has 1 aromatic rings. The maximum Gasteiger partial charge on any atom is 0.310 e. The lowest BCUT2D eigenvalue weighted by molar-refractivity contribution is -0.151. The lowest BCUT2D eigenvalue weighted by Crippen LogP contribution is -2.47. The van der Waals surface area contributed by atoms with E-state index in [9.17, 15) is 9.90 Å². The third kappa shape index (κ3) is 2.98. The number of hydrogen-bond acceptors (Lipinski definition) is 2. The second-order valence-corrected chi connectivity index (χ2v) is 6.99. The van der Waals surface area contributed by atoms with Crippen molar-refractivity contribution in [2.24, 2.45) is 5.41 Å². The van der Waals surface area contributed by atoms with Gasteiger partial charge in [0.25, 0.3) is 0 Å². The van der Waals surface area contributed by atoms with Gasteiger partial charge in [-0.05, 0) is 62.6 Å². The van der Waals surface area contributed by atoms with Gasteiger partial charge in [0, 0.05) is 13.1 Å². The molecule has 1 saturated heterocycles. The minimum atomic E-state index is -0.642. The highest BCUT2D eigenvalue weighted by molar-refractivity contribution is 5.74. The van der Waals surface area contributed by atoms with Gasteiger partial charge in [-0.2, -0.15) is 0 Å². The number of nitrogens with zero attached hydrogens (tertiary/aromatic N) is 1. The molecule has 0 amide bonds. The topological polar surface area (TPSA) is 40.5 Å². The number of carboxylic acid groups (broad SMARTS) is 1. The van der Waals surface area contributed by atoms with Gasteiger partial charge in [-0.15, -0.1) is 0 Å². The Balaban J connectivity index is 1.71. The average molecular weight is 287 g/mol. The number of likely N-dealkylation sites (tertiary alicyclic amines) is 1. The van der Waals surface area contributed by atoms with Crippen molar-refractivity contribution in [1.29, 1.82) is 0 Å². The number of hydrogen-bond donors (Lipinski definition) is 1. The van der Waals surface area contributed by atoms with Gasteiger partial charge >= 0.3 is 5.97 Å². The van der Waals surface area contributed by atoms with E-state index in [4.69, 9.17) is 0 Å². The number of fused-ring (bicyclic) bond motifs is 1. The van der Waals surface area contributed by atoms with Crippen LogP contribution in [0.2, 0.25) is 0 Å². The van der Waals surface area contributed by atoms with Crippen molar-refractivity contribution < 1.29 is 9.90 Å². The summed E-state index contributed by atoms with van der Waals surface area (Å²) >= 11 is 0. The van der Waals surface area contributed by atoms with E-state index in [1.165, 1.54) is 30.4 Å². The molecule has 1 fully saturated rings. The second-order valence-electron chi connectivity index (χ2n) is 6.99. The Labute approximate surface area is 127 Å². The predicted octanol–water partition coefficient (Wildman–Crippen LogP) is 3.29. The van der Waals surface area contributed by atoms with Crippen LogP contribution in [0.25, 0.3) is 0 Å². The van der Waals surface area contributed by atoms with Crippen molar-refractivity contribution >= 4 is 5.97 Å². The first-order valence-corrected chi connectivity index (χ1v) is 8.12. The third-order valence-electron chi connectivity index (χ3n) is 5.26. The molecule has 1 aliphatic heterocycles. The average Bonchev–Trinajstić information content (AvgIpc) is 2.48. The maximum atomic E-state index is 11.5. The van der Waals surface area contributed by atoms with E-state index < -0.39 is 11.4 Å². The van der Waals surface area contributed by atoms with Crippen molar-refractivity contribution in [3.05, 3.63) is 35.4 Å². The highest BCUT2D eigenvalue weighted by atomic mass is 16.4. The fraction of sp³-hybridized carbons (Fsp3) is 0.611. The van der Waals surface area contributed by atoms with Crippen molar-refractivity contribution in [2.45, 2.75) is 44.9 Å². The molecule has 21 heavy (non-hydrogen) atoms. The Morgan fingerprint density at radius 3 is 3.00 bits per heavy atom. The number of aryl methyl sites for hydroxylation is 1. The molecular formula is C18H25NO2. The van der Waals surface area contributed by atoms with E-state index in [-0.39, 0.29) is 0 Å². The summed E-state index contributed by atoms with van der Waals surface area (Å²) in [6.45, 7) is 4.65. The molecule has 1 aliphatic carbocycles. The lowest BCUT2D eigenvalue weighted by atomic mass is 9.79. The van der Waals surface area contributed by atoms with Crippen molar-refractivity contribution in [1.82, 2.24) is 4.90 Å². The fourth-order valence-electron chi connectivity index (χ4n) is 4.03. The molecule has 1 aromatic carbocycles. The summed E-state index contributed by atoms with van der Waals surface area (Å²) in [7, 11) is 0. The predicted molar refractivity (Wildman–Crippen MR) is 83.5 cm³/mol. The molecule has 114 valence electrons. The van der Waals surface area contributed by atoms with Gasteiger partial charge in [0.05, 0.1) is 5.41 Å². The van der Waals surface area contributed by atoms with Gasteiger partial charge in [0.15, 0.2) is 0 Å². The highest BCUT2D eigenvalue weighted by Gasteiger charge is 2.38. The number of benzene rings is 1. The molecule has 2 atom stereocenters. The molecule has 0 saturated carbocycles. The van der Waals surface area contributed by atoms with Crippen LogP contribution >= 0.6 is 0 Å². The first kappa shape index (κ1) is 14.6. The summed E-state index contributed by atoms with van der Waals surface area (Å²) < 4.78 is 0. The van der Waals surface area contributed by atoms with Crippen LogP contribution in [0.3, 0.4) is 0 Å². The molecule has 3 nitrogen and oxygen atoms in total.